The Balaban J connectivity index is 1.78. The van der Waals surface area contributed by atoms with Gasteiger partial charge in [-0.05, 0) is 6.92 Å². The predicted octanol–water partition coefficient (Wildman–Crippen LogP) is 1.15. The molecule has 0 atom stereocenters. The molecule has 1 fully saturated rings. The molecule has 0 unspecified atom stereocenters. The van der Waals surface area contributed by atoms with Crippen molar-refractivity contribution in [1.82, 2.24) is 9.88 Å². The molecule has 1 aromatic heterocycles. The van der Waals surface area contributed by atoms with E-state index >= 15 is 0 Å². The summed E-state index contributed by atoms with van der Waals surface area (Å²) in [5.74, 6) is 0.176. The maximum atomic E-state index is 11.0. The number of Topliss-reactive ketones (excluding diaryl/α,β-unsaturated/α-hetero) is 1. The van der Waals surface area contributed by atoms with E-state index in [9.17, 15) is 4.79 Å². The first-order valence-electron chi connectivity index (χ1n) is 5.97. The molecule has 0 aliphatic carbocycles. The van der Waals surface area contributed by atoms with E-state index in [2.05, 4.69) is 9.88 Å². The van der Waals surface area contributed by atoms with Crippen LogP contribution in [0.25, 0.3) is 0 Å². The standard InChI is InChI=1S/C12H18N2O2S/c1-10(15)8-11-9-17-12(13-11)2-3-14-4-6-16-7-5-14/h9H,2-8H2,1H3. The zero-order chi connectivity index (χ0) is 12.1. The van der Waals surface area contributed by atoms with Gasteiger partial charge >= 0.3 is 0 Å². The first-order valence-corrected chi connectivity index (χ1v) is 6.85. The lowest BCUT2D eigenvalue weighted by molar-refractivity contribution is -0.116. The molecule has 1 aliphatic heterocycles. The number of rotatable bonds is 5. The highest BCUT2D eigenvalue weighted by Gasteiger charge is 2.11. The summed E-state index contributed by atoms with van der Waals surface area (Å²) in [6, 6.07) is 0. The molecule has 0 spiro atoms. The van der Waals surface area contributed by atoms with Crippen molar-refractivity contribution in [3.8, 4) is 0 Å². The summed E-state index contributed by atoms with van der Waals surface area (Å²) in [6.45, 7) is 6.36. The lowest BCUT2D eigenvalue weighted by Crippen LogP contribution is -2.37. The molecular weight excluding hydrogens is 236 g/mol. The van der Waals surface area contributed by atoms with Crippen molar-refractivity contribution in [2.24, 2.45) is 0 Å². The summed E-state index contributed by atoms with van der Waals surface area (Å²) in [4.78, 5) is 17.8. The fourth-order valence-corrected chi connectivity index (χ4v) is 2.67. The van der Waals surface area contributed by atoms with Crippen molar-refractivity contribution in [1.29, 1.82) is 0 Å². The first-order chi connectivity index (χ1) is 8.24. The largest absolute Gasteiger partial charge is 0.379 e. The number of ether oxygens (including phenoxy) is 1. The second-order valence-electron chi connectivity index (χ2n) is 4.32. The van der Waals surface area contributed by atoms with Crippen LogP contribution in [0.4, 0.5) is 0 Å². The minimum Gasteiger partial charge on any atom is -0.379 e. The molecule has 0 N–H and O–H groups in total. The van der Waals surface area contributed by atoms with Gasteiger partial charge in [0.1, 0.15) is 5.78 Å². The molecule has 94 valence electrons. The Morgan fingerprint density at radius 2 is 2.29 bits per heavy atom. The molecule has 1 aromatic rings. The second-order valence-corrected chi connectivity index (χ2v) is 5.26. The van der Waals surface area contributed by atoms with Crippen LogP contribution in [0.5, 0.6) is 0 Å². The summed E-state index contributed by atoms with van der Waals surface area (Å²) in [5.41, 5.74) is 0.916. The van der Waals surface area contributed by atoms with Crippen molar-refractivity contribution in [3.63, 3.8) is 0 Å². The average molecular weight is 254 g/mol. The molecule has 5 heteroatoms. The quantitative estimate of drug-likeness (QED) is 0.790. The number of morpholine rings is 1. The third-order valence-corrected chi connectivity index (χ3v) is 3.73. The summed E-state index contributed by atoms with van der Waals surface area (Å²) in [6.07, 6.45) is 1.44. The van der Waals surface area contributed by atoms with E-state index in [-0.39, 0.29) is 5.78 Å². The Hall–Kier alpha value is -0.780. The van der Waals surface area contributed by atoms with Gasteiger partial charge in [-0.2, -0.15) is 0 Å². The maximum Gasteiger partial charge on any atom is 0.135 e. The molecule has 0 aromatic carbocycles. The van der Waals surface area contributed by atoms with Gasteiger partial charge in [0.05, 0.1) is 23.9 Å². The van der Waals surface area contributed by atoms with Crippen LogP contribution in [0.15, 0.2) is 5.38 Å². The fourth-order valence-electron chi connectivity index (χ4n) is 1.88. The highest BCUT2D eigenvalue weighted by molar-refractivity contribution is 7.09. The number of hydrogen-bond acceptors (Lipinski definition) is 5. The molecule has 0 radical (unpaired) electrons. The highest BCUT2D eigenvalue weighted by atomic mass is 32.1. The van der Waals surface area contributed by atoms with Crippen molar-refractivity contribution in [2.75, 3.05) is 32.8 Å². The van der Waals surface area contributed by atoms with Gasteiger partial charge in [-0.15, -0.1) is 11.3 Å². The average Bonchev–Trinajstić information content (AvgIpc) is 2.75. The van der Waals surface area contributed by atoms with Crippen molar-refractivity contribution in [2.45, 2.75) is 19.8 Å². The predicted molar refractivity (Wildman–Crippen MR) is 67.5 cm³/mol. The molecule has 1 saturated heterocycles. The molecule has 0 bridgehead atoms. The zero-order valence-corrected chi connectivity index (χ0v) is 11.0. The van der Waals surface area contributed by atoms with Gasteiger partial charge in [0.15, 0.2) is 0 Å². The van der Waals surface area contributed by atoms with Gasteiger partial charge in [0.2, 0.25) is 0 Å². The normalized spacial score (nSPS) is 17.2. The van der Waals surface area contributed by atoms with Crippen LogP contribution in [-0.4, -0.2) is 48.5 Å². The van der Waals surface area contributed by atoms with E-state index in [1.807, 2.05) is 5.38 Å². The van der Waals surface area contributed by atoms with E-state index in [1.165, 1.54) is 0 Å². The third-order valence-electron chi connectivity index (χ3n) is 2.77. The lowest BCUT2D eigenvalue weighted by atomic mass is 10.2. The van der Waals surface area contributed by atoms with Crippen LogP contribution in [0.3, 0.4) is 0 Å². The van der Waals surface area contributed by atoms with E-state index in [4.69, 9.17) is 4.74 Å². The first kappa shape index (κ1) is 12.7. The Morgan fingerprint density at radius 1 is 1.53 bits per heavy atom. The van der Waals surface area contributed by atoms with Crippen LogP contribution in [0, 0.1) is 0 Å². The van der Waals surface area contributed by atoms with Gasteiger partial charge in [0.25, 0.3) is 0 Å². The van der Waals surface area contributed by atoms with Gasteiger partial charge in [-0.25, -0.2) is 4.98 Å². The number of hydrogen-bond donors (Lipinski definition) is 0. The van der Waals surface area contributed by atoms with Crippen LogP contribution in [0.2, 0.25) is 0 Å². The van der Waals surface area contributed by atoms with E-state index < -0.39 is 0 Å². The minimum absolute atomic E-state index is 0.176. The van der Waals surface area contributed by atoms with Crippen molar-refractivity contribution in [3.05, 3.63) is 16.1 Å². The van der Waals surface area contributed by atoms with Gasteiger partial charge in [0, 0.05) is 37.9 Å². The van der Waals surface area contributed by atoms with Crippen molar-refractivity contribution < 1.29 is 9.53 Å². The maximum absolute atomic E-state index is 11.0. The molecule has 0 saturated carbocycles. The fraction of sp³-hybridized carbons (Fsp3) is 0.667. The molecule has 4 nitrogen and oxygen atoms in total. The van der Waals surface area contributed by atoms with Gasteiger partial charge < -0.3 is 4.74 Å². The SMILES string of the molecule is CC(=O)Cc1csc(CCN2CCOCC2)n1. The van der Waals surface area contributed by atoms with E-state index in [0.29, 0.717) is 6.42 Å². The Labute approximate surface area is 106 Å². The number of carbonyl (C=O) groups excluding carboxylic acids is 1. The lowest BCUT2D eigenvalue weighted by Gasteiger charge is -2.25. The number of aromatic nitrogens is 1. The molecule has 2 rings (SSSR count). The summed E-state index contributed by atoms with van der Waals surface area (Å²) in [7, 11) is 0. The minimum atomic E-state index is 0.176. The van der Waals surface area contributed by atoms with Gasteiger partial charge in [-0.3, -0.25) is 9.69 Å². The number of thiazole rings is 1. The Morgan fingerprint density at radius 3 is 3.00 bits per heavy atom. The summed E-state index contributed by atoms with van der Waals surface area (Å²) >= 11 is 1.66. The number of nitrogens with zero attached hydrogens (tertiary/aromatic N) is 2. The van der Waals surface area contributed by atoms with Crippen LogP contribution < -0.4 is 0 Å². The van der Waals surface area contributed by atoms with Crippen LogP contribution >= 0.6 is 11.3 Å². The van der Waals surface area contributed by atoms with Crippen LogP contribution in [-0.2, 0) is 22.4 Å². The molecule has 2 heterocycles. The summed E-state index contributed by atoms with van der Waals surface area (Å²) < 4.78 is 5.31. The molecule has 0 amide bonds. The zero-order valence-electron chi connectivity index (χ0n) is 10.1. The molecular formula is C12H18N2O2S. The summed E-state index contributed by atoms with van der Waals surface area (Å²) in [5, 5.41) is 3.13. The highest BCUT2D eigenvalue weighted by Crippen LogP contribution is 2.12. The van der Waals surface area contributed by atoms with Crippen LogP contribution in [0.1, 0.15) is 17.6 Å². The Kier molecular flexibility index (Phi) is 4.65. The third kappa shape index (κ3) is 4.18. The number of ketones is 1. The monoisotopic (exact) mass is 254 g/mol. The van der Waals surface area contributed by atoms with Gasteiger partial charge in [-0.1, -0.05) is 0 Å². The Bertz CT molecular complexity index is 372. The topological polar surface area (TPSA) is 42.4 Å². The van der Waals surface area contributed by atoms with E-state index in [1.54, 1.807) is 18.3 Å². The second kappa shape index (κ2) is 6.23. The molecule has 1 aliphatic rings. The van der Waals surface area contributed by atoms with Crippen molar-refractivity contribution >= 4 is 17.1 Å². The van der Waals surface area contributed by atoms with E-state index in [0.717, 1.165) is 50.0 Å². The molecule has 17 heavy (non-hydrogen) atoms. The number of carbonyl (C=O) groups is 1. The smallest absolute Gasteiger partial charge is 0.135 e.